The van der Waals surface area contributed by atoms with Gasteiger partial charge in [0.15, 0.2) is 5.65 Å². The molecular formula is C18H17ClN6O. The van der Waals surface area contributed by atoms with E-state index in [0.717, 1.165) is 11.2 Å². The highest BCUT2D eigenvalue weighted by atomic mass is 35.5. The lowest BCUT2D eigenvalue weighted by Gasteiger charge is -2.35. The molecule has 0 unspecified atom stereocenters. The van der Waals surface area contributed by atoms with Crippen molar-refractivity contribution in [1.82, 2.24) is 19.9 Å². The number of anilines is 2. The Labute approximate surface area is 155 Å². The number of aromatic nitrogens is 3. The van der Waals surface area contributed by atoms with E-state index in [1.54, 1.807) is 30.3 Å². The average molecular weight is 369 g/mol. The molecule has 1 amide bonds. The first-order valence-electron chi connectivity index (χ1n) is 8.29. The van der Waals surface area contributed by atoms with Crippen LogP contribution >= 0.6 is 11.6 Å². The van der Waals surface area contributed by atoms with Crippen LogP contribution in [0.25, 0.3) is 11.0 Å². The Bertz CT molecular complexity index is 954. The van der Waals surface area contributed by atoms with Gasteiger partial charge in [0.2, 0.25) is 0 Å². The van der Waals surface area contributed by atoms with E-state index in [1.807, 2.05) is 11.0 Å². The van der Waals surface area contributed by atoms with Crippen molar-refractivity contribution in [3.63, 3.8) is 0 Å². The molecule has 2 aromatic heterocycles. The normalized spacial score (nSPS) is 14.7. The van der Waals surface area contributed by atoms with Crippen LogP contribution in [0.1, 0.15) is 10.4 Å². The number of hydrogen-bond acceptors (Lipinski definition) is 6. The van der Waals surface area contributed by atoms with Gasteiger partial charge in [-0.1, -0.05) is 11.6 Å². The highest BCUT2D eigenvalue weighted by Gasteiger charge is 2.24. The summed E-state index contributed by atoms with van der Waals surface area (Å²) in [7, 11) is 0. The maximum absolute atomic E-state index is 12.6. The summed E-state index contributed by atoms with van der Waals surface area (Å²) in [5, 5.41) is 1.48. The Hall–Kier alpha value is -2.93. The number of amides is 1. The zero-order valence-corrected chi connectivity index (χ0v) is 14.7. The van der Waals surface area contributed by atoms with Gasteiger partial charge in [-0.2, -0.15) is 0 Å². The molecule has 8 heteroatoms. The summed E-state index contributed by atoms with van der Waals surface area (Å²) >= 11 is 5.89. The van der Waals surface area contributed by atoms with Crippen molar-refractivity contribution in [3.05, 3.63) is 53.3 Å². The number of carbonyl (C=O) groups is 1. The highest BCUT2D eigenvalue weighted by Crippen LogP contribution is 2.24. The minimum Gasteiger partial charge on any atom is -0.384 e. The maximum Gasteiger partial charge on any atom is 0.253 e. The minimum atomic E-state index is 0.0169. The molecule has 26 heavy (non-hydrogen) atoms. The van der Waals surface area contributed by atoms with Crippen LogP contribution in [0.5, 0.6) is 0 Å². The number of fused-ring (bicyclic) bond motifs is 1. The highest BCUT2D eigenvalue weighted by molar-refractivity contribution is 6.30. The molecule has 1 aliphatic rings. The molecule has 1 saturated heterocycles. The number of halogens is 1. The molecule has 0 spiro atoms. The van der Waals surface area contributed by atoms with Gasteiger partial charge in [0, 0.05) is 36.8 Å². The first kappa shape index (κ1) is 16.5. The number of nitrogens with two attached hydrogens (primary N) is 1. The lowest BCUT2D eigenvalue weighted by molar-refractivity contribution is 0.0746. The van der Waals surface area contributed by atoms with Crippen molar-refractivity contribution < 1.29 is 4.79 Å². The smallest absolute Gasteiger partial charge is 0.253 e. The molecule has 3 aromatic rings. The van der Waals surface area contributed by atoms with E-state index in [1.165, 1.54) is 6.33 Å². The summed E-state index contributed by atoms with van der Waals surface area (Å²) in [5.41, 5.74) is 6.96. The number of pyridine rings is 1. The fraction of sp³-hybridized carbons (Fsp3) is 0.222. The summed E-state index contributed by atoms with van der Waals surface area (Å²) in [6, 6.07) is 10.6. The monoisotopic (exact) mass is 368 g/mol. The van der Waals surface area contributed by atoms with Gasteiger partial charge in [0.1, 0.15) is 18.0 Å². The van der Waals surface area contributed by atoms with E-state index in [0.29, 0.717) is 48.2 Å². The van der Waals surface area contributed by atoms with Crippen molar-refractivity contribution in [2.75, 3.05) is 36.8 Å². The van der Waals surface area contributed by atoms with E-state index >= 15 is 0 Å². The topological polar surface area (TPSA) is 88.2 Å². The van der Waals surface area contributed by atoms with E-state index in [-0.39, 0.29) is 5.91 Å². The van der Waals surface area contributed by atoms with Crippen molar-refractivity contribution >= 4 is 40.2 Å². The number of benzene rings is 1. The van der Waals surface area contributed by atoms with E-state index in [9.17, 15) is 4.79 Å². The third-order valence-corrected chi connectivity index (χ3v) is 4.71. The van der Waals surface area contributed by atoms with Gasteiger partial charge in [0.25, 0.3) is 5.91 Å². The molecule has 4 rings (SSSR count). The molecule has 0 radical (unpaired) electrons. The quantitative estimate of drug-likeness (QED) is 0.746. The molecule has 0 aliphatic carbocycles. The van der Waals surface area contributed by atoms with E-state index in [2.05, 4.69) is 19.9 Å². The molecule has 3 heterocycles. The van der Waals surface area contributed by atoms with Gasteiger partial charge >= 0.3 is 0 Å². The second-order valence-corrected chi connectivity index (χ2v) is 6.53. The van der Waals surface area contributed by atoms with Crippen molar-refractivity contribution in [3.8, 4) is 0 Å². The summed E-state index contributed by atoms with van der Waals surface area (Å²) < 4.78 is 0. The summed E-state index contributed by atoms with van der Waals surface area (Å²) in [6.07, 6.45) is 1.50. The Balaban J connectivity index is 1.50. The molecule has 2 N–H and O–H groups in total. The number of nitrogens with zero attached hydrogens (tertiary/aromatic N) is 5. The summed E-state index contributed by atoms with van der Waals surface area (Å²) in [4.78, 5) is 29.5. The van der Waals surface area contributed by atoms with Gasteiger partial charge in [0.05, 0.1) is 5.39 Å². The van der Waals surface area contributed by atoms with Crippen LogP contribution in [-0.2, 0) is 0 Å². The lowest BCUT2D eigenvalue weighted by Crippen LogP contribution is -2.49. The lowest BCUT2D eigenvalue weighted by atomic mass is 10.1. The van der Waals surface area contributed by atoms with Gasteiger partial charge in [-0.3, -0.25) is 4.79 Å². The van der Waals surface area contributed by atoms with Gasteiger partial charge in [-0.15, -0.1) is 0 Å². The summed E-state index contributed by atoms with van der Waals surface area (Å²) in [5.74, 6) is 1.27. The van der Waals surface area contributed by atoms with Crippen LogP contribution in [-0.4, -0.2) is 51.9 Å². The molecule has 7 nitrogen and oxygen atoms in total. The van der Waals surface area contributed by atoms with Gasteiger partial charge in [-0.05, 0) is 36.4 Å². The molecular weight excluding hydrogens is 352 g/mol. The molecule has 1 aromatic carbocycles. The van der Waals surface area contributed by atoms with Crippen LogP contribution in [0.3, 0.4) is 0 Å². The predicted octanol–water partition coefficient (Wildman–Crippen LogP) is 2.22. The van der Waals surface area contributed by atoms with E-state index < -0.39 is 0 Å². The number of carbonyl (C=O) groups excluding carboxylic acids is 1. The summed E-state index contributed by atoms with van der Waals surface area (Å²) in [6.45, 7) is 2.62. The number of hydrogen-bond donors (Lipinski definition) is 1. The van der Waals surface area contributed by atoms with Crippen LogP contribution < -0.4 is 10.6 Å². The Kier molecular flexibility index (Phi) is 4.30. The predicted molar refractivity (Wildman–Crippen MR) is 101 cm³/mol. The van der Waals surface area contributed by atoms with Gasteiger partial charge in [-0.25, -0.2) is 15.0 Å². The SMILES string of the molecule is Nc1ccc2c(N3CCN(C(=O)c4ccc(Cl)cc4)CC3)ncnc2n1. The second-order valence-electron chi connectivity index (χ2n) is 6.09. The Morgan fingerprint density at radius 2 is 1.73 bits per heavy atom. The first-order valence-corrected chi connectivity index (χ1v) is 8.66. The fourth-order valence-electron chi connectivity index (χ4n) is 3.09. The zero-order valence-electron chi connectivity index (χ0n) is 14.0. The maximum atomic E-state index is 12.6. The van der Waals surface area contributed by atoms with Crippen molar-refractivity contribution in [2.45, 2.75) is 0 Å². The molecule has 1 fully saturated rings. The zero-order chi connectivity index (χ0) is 18.1. The van der Waals surface area contributed by atoms with Crippen molar-refractivity contribution in [2.24, 2.45) is 0 Å². The Morgan fingerprint density at radius 3 is 2.46 bits per heavy atom. The standard InChI is InChI=1S/C18H17ClN6O/c19-13-3-1-12(2-4-13)18(26)25-9-7-24(8-10-25)17-14-5-6-15(20)23-16(14)21-11-22-17/h1-6,11H,7-10H2,(H2,20,21,22,23). The molecule has 0 atom stereocenters. The van der Waals surface area contributed by atoms with Crippen LogP contribution in [0.2, 0.25) is 5.02 Å². The first-order chi connectivity index (χ1) is 12.6. The molecule has 132 valence electrons. The molecule has 1 aliphatic heterocycles. The minimum absolute atomic E-state index is 0.0169. The number of rotatable bonds is 2. The fourth-order valence-corrected chi connectivity index (χ4v) is 3.22. The third kappa shape index (κ3) is 3.13. The molecule has 0 bridgehead atoms. The number of nitrogen functional groups attached to an aromatic ring is 1. The van der Waals surface area contributed by atoms with E-state index in [4.69, 9.17) is 17.3 Å². The third-order valence-electron chi connectivity index (χ3n) is 4.46. The Morgan fingerprint density at radius 1 is 1.00 bits per heavy atom. The van der Waals surface area contributed by atoms with Crippen molar-refractivity contribution in [1.29, 1.82) is 0 Å². The second kappa shape index (κ2) is 6.76. The van der Waals surface area contributed by atoms with Crippen LogP contribution in [0.15, 0.2) is 42.7 Å². The van der Waals surface area contributed by atoms with Gasteiger partial charge < -0.3 is 15.5 Å². The average Bonchev–Trinajstić information content (AvgIpc) is 2.67. The van der Waals surface area contributed by atoms with Crippen LogP contribution in [0, 0.1) is 0 Å². The van der Waals surface area contributed by atoms with Crippen LogP contribution in [0.4, 0.5) is 11.6 Å². The largest absolute Gasteiger partial charge is 0.384 e. The number of piperazine rings is 1. The molecule has 0 saturated carbocycles.